The molecular weight excluding hydrogens is 222 g/mol. The molecule has 0 saturated carbocycles. The highest BCUT2D eigenvalue weighted by Gasteiger charge is 2.13. The number of nitriles is 1. The van der Waals surface area contributed by atoms with Crippen LogP contribution in [0.2, 0.25) is 0 Å². The summed E-state index contributed by atoms with van der Waals surface area (Å²) in [5.74, 6) is -0.670. The molecule has 0 saturated heterocycles. The Balaban J connectivity index is 3.14. The van der Waals surface area contributed by atoms with Gasteiger partial charge in [-0.2, -0.15) is 5.26 Å². The number of ether oxygens (including phenoxy) is 1. The number of carbonyl (C=O) groups is 2. The maximum absolute atomic E-state index is 11.3. The zero-order chi connectivity index (χ0) is 12.8. The van der Waals surface area contributed by atoms with Gasteiger partial charge in [0, 0.05) is 5.56 Å². The van der Waals surface area contributed by atoms with Gasteiger partial charge in [-0.1, -0.05) is 0 Å². The number of aldehydes is 1. The highest BCUT2D eigenvalue weighted by molar-refractivity contribution is 5.85. The van der Waals surface area contributed by atoms with Crippen molar-refractivity contribution in [3.63, 3.8) is 0 Å². The summed E-state index contributed by atoms with van der Waals surface area (Å²) in [5, 5.41) is 18.2. The summed E-state index contributed by atoms with van der Waals surface area (Å²) in [7, 11) is 0. The van der Waals surface area contributed by atoms with Crippen LogP contribution in [0, 0.1) is 11.3 Å². The summed E-state index contributed by atoms with van der Waals surface area (Å²) in [6.07, 6.45) is 0.345. The summed E-state index contributed by atoms with van der Waals surface area (Å²) in [4.78, 5) is 22.2. The van der Waals surface area contributed by atoms with Gasteiger partial charge in [-0.25, -0.2) is 0 Å². The molecular formula is C12H11NO4. The van der Waals surface area contributed by atoms with Crippen molar-refractivity contribution in [1.29, 1.82) is 5.26 Å². The summed E-state index contributed by atoms with van der Waals surface area (Å²) in [5.41, 5.74) is 0.438. The third-order valence-electron chi connectivity index (χ3n) is 2.13. The van der Waals surface area contributed by atoms with E-state index < -0.39 is 5.97 Å². The Morgan fingerprint density at radius 1 is 1.59 bits per heavy atom. The molecule has 1 N–H and O–H groups in total. The number of benzene rings is 1. The first-order chi connectivity index (χ1) is 8.12. The number of esters is 1. The first-order valence-corrected chi connectivity index (χ1v) is 4.99. The van der Waals surface area contributed by atoms with Gasteiger partial charge in [-0.15, -0.1) is 0 Å². The van der Waals surface area contributed by atoms with E-state index in [0.717, 1.165) is 0 Å². The Morgan fingerprint density at radius 3 is 2.82 bits per heavy atom. The minimum atomic E-state index is -0.509. The number of nitrogens with zero attached hydrogens (tertiary/aromatic N) is 1. The fraction of sp³-hybridized carbons (Fsp3) is 0.250. The second kappa shape index (κ2) is 5.66. The van der Waals surface area contributed by atoms with Crippen molar-refractivity contribution in [2.45, 2.75) is 13.3 Å². The molecule has 0 aliphatic rings. The molecule has 1 aromatic carbocycles. The molecule has 0 aromatic heterocycles. The quantitative estimate of drug-likeness (QED) is 0.623. The number of aromatic hydroxyl groups is 1. The van der Waals surface area contributed by atoms with E-state index >= 15 is 0 Å². The topological polar surface area (TPSA) is 87.4 Å². The molecule has 88 valence electrons. The van der Waals surface area contributed by atoms with Crippen molar-refractivity contribution in [2.75, 3.05) is 6.61 Å². The van der Waals surface area contributed by atoms with Crippen LogP contribution in [0.3, 0.4) is 0 Å². The number of carbonyl (C=O) groups excluding carboxylic acids is 2. The lowest BCUT2D eigenvalue weighted by molar-refractivity contribution is -0.142. The lowest BCUT2D eigenvalue weighted by Gasteiger charge is -2.07. The Labute approximate surface area is 98.2 Å². The van der Waals surface area contributed by atoms with Crippen LogP contribution in [0.25, 0.3) is 0 Å². The van der Waals surface area contributed by atoms with E-state index in [0.29, 0.717) is 6.29 Å². The zero-order valence-corrected chi connectivity index (χ0v) is 9.27. The fourth-order valence-corrected chi connectivity index (χ4v) is 1.44. The monoisotopic (exact) mass is 233 g/mol. The molecule has 1 rings (SSSR count). The van der Waals surface area contributed by atoms with Crippen molar-refractivity contribution < 1.29 is 19.4 Å². The number of phenolic OH excluding ortho intramolecular Hbond substituents is 1. The molecule has 0 heterocycles. The van der Waals surface area contributed by atoms with Crippen LogP contribution in [0.5, 0.6) is 5.75 Å². The molecule has 17 heavy (non-hydrogen) atoms. The van der Waals surface area contributed by atoms with Gasteiger partial charge in [-0.05, 0) is 24.6 Å². The summed E-state index contributed by atoms with van der Waals surface area (Å²) < 4.78 is 4.74. The molecule has 5 heteroatoms. The molecule has 5 nitrogen and oxygen atoms in total. The van der Waals surface area contributed by atoms with E-state index in [1.54, 1.807) is 13.0 Å². The van der Waals surface area contributed by atoms with Crippen LogP contribution in [0.1, 0.15) is 28.4 Å². The number of phenols is 1. The Morgan fingerprint density at radius 2 is 2.29 bits per heavy atom. The van der Waals surface area contributed by atoms with E-state index in [4.69, 9.17) is 10.00 Å². The molecule has 0 aliphatic carbocycles. The van der Waals surface area contributed by atoms with Crippen LogP contribution < -0.4 is 0 Å². The van der Waals surface area contributed by atoms with Gasteiger partial charge in [0.05, 0.1) is 18.6 Å². The first-order valence-electron chi connectivity index (χ1n) is 4.99. The van der Waals surface area contributed by atoms with Gasteiger partial charge >= 0.3 is 5.97 Å². The summed E-state index contributed by atoms with van der Waals surface area (Å²) in [6, 6.07) is 4.25. The van der Waals surface area contributed by atoms with E-state index in [9.17, 15) is 14.7 Å². The van der Waals surface area contributed by atoms with E-state index in [-0.39, 0.29) is 35.5 Å². The molecule has 0 bridgehead atoms. The third kappa shape index (κ3) is 3.05. The zero-order valence-electron chi connectivity index (χ0n) is 9.27. The van der Waals surface area contributed by atoms with Crippen molar-refractivity contribution in [2.24, 2.45) is 0 Å². The summed E-state index contributed by atoms with van der Waals surface area (Å²) in [6.45, 7) is 1.90. The Hall–Kier alpha value is -2.35. The van der Waals surface area contributed by atoms with Gasteiger partial charge in [0.1, 0.15) is 11.8 Å². The van der Waals surface area contributed by atoms with Crippen LogP contribution in [0.15, 0.2) is 12.1 Å². The number of rotatable bonds is 4. The van der Waals surface area contributed by atoms with Crippen molar-refractivity contribution in [3.05, 3.63) is 28.8 Å². The lowest BCUT2D eigenvalue weighted by atomic mass is 10.00. The standard InChI is InChI=1S/C12H11NO4/c1-2-17-12(16)5-8-3-10(15)4-9(6-13)11(8)7-14/h3-4,7,15H,2,5H2,1H3. The minimum Gasteiger partial charge on any atom is -0.508 e. The van der Waals surface area contributed by atoms with Crippen molar-refractivity contribution >= 4 is 12.3 Å². The molecule has 0 radical (unpaired) electrons. The van der Waals surface area contributed by atoms with Crippen LogP contribution in [-0.4, -0.2) is 24.0 Å². The number of hydrogen-bond acceptors (Lipinski definition) is 5. The first kappa shape index (κ1) is 12.7. The second-order valence-electron chi connectivity index (χ2n) is 3.28. The molecule has 0 amide bonds. The lowest BCUT2D eigenvalue weighted by Crippen LogP contribution is -2.10. The van der Waals surface area contributed by atoms with E-state index in [1.807, 2.05) is 0 Å². The maximum atomic E-state index is 11.3. The van der Waals surface area contributed by atoms with Gasteiger partial charge in [0.15, 0.2) is 6.29 Å². The van der Waals surface area contributed by atoms with Crippen LogP contribution in [0.4, 0.5) is 0 Å². The average Bonchev–Trinajstić information content (AvgIpc) is 2.28. The van der Waals surface area contributed by atoms with Crippen molar-refractivity contribution in [1.82, 2.24) is 0 Å². The highest BCUT2D eigenvalue weighted by Crippen LogP contribution is 2.21. The van der Waals surface area contributed by atoms with E-state index in [2.05, 4.69) is 0 Å². The van der Waals surface area contributed by atoms with Crippen LogP contribution >= 0.6 is 0 Å². The van der Waals surface area contributed by atoms with Gasteiger partial charge < -0.3 is 9.84 Å². The normalized spacial score (nSPS) is 9.41. The third-order valence-corrected chi connectivity index (χ3v) is 2.13. The largest absolute Gasteiger partial charge is 0.508 e. The predicted molar refractivity (Wildman–Crippen MR) is 58.5 cm³/mol. The van der Waals surface area contributed by atoms with Crippen LogP contribution in [-0.2, 0) is 16.0 Å². The van der Waals surface area contributed by atoms with E-state index in [1.165, 1.54) is 12.1 Å². The molecule has 1 aromatic rings. The molecule has 0 aliphatic heterocycles. The number of hydrogen-bond donors (Lipinski definition) is 1. The van der Waals surface area contributed by atoms with Gasteiger partial charge in [-0.3, -0.25) is 9.59 Å². The molecule has 0 unspecified atom stereocenters. The minimum absolute atomic E-state index is 0.0410. The maximum Gasteiger partial charge on any atom is 0.310 e. The smallest absolute Gasteiger partial charge is 0.310 e. The van der Waals surface area contributed by atoms with Crippen molar-refractivity contribution in [3.8, 4) is 11.8 Å². The van der Waals surface area contributed by atoms with Gasteiger partial charge in [0.2, 0.25) is 0 Å². The SMILES string of the molecule is CCOC(=O)Cc1cc(O)cc(C#N)c1C=O. The summed E-state index contributed by atoms with van der Waals surface area (Å²) >= 11 is 0. The highest BCUT2D eigenvalue weighted by atomic mass is 16.5. The average molecular weight is 233 g/mol. The second-order valence-corrected chi connectivity index (χ2v) is 3.28. The predicted octanol–water partition coefficient (Wildman–Crippen LogP) is 1.18. The molecule has 0 atom stereocenters. The Kier molecular flexibility index (Phi) is 4.23. The molecule has 0 spiro atoms. The Bertz CT molecular complexity index is 488. The van der Waals surface area contributed by atoms with Gasteiger partial charge in [0.25, 0.3) is 0 Å². The molecule has 0 fully saturated rings. The fourth-order valence-electron chi connectivity index (χ4n) is 1.44.